The monoisotopic (exact) mass is 1600 g/mol. The molecule has 0 spiro atoms. The largest absolute Gasteiger partial charge is 0.497 e. The highest BCUT2D eigenvalue weighted by Crippen LogP contribution is 2.39. The van der Waals surface area contributed by atoms with Crippen LogP contribution in [-0.2, 0) is 38.4 Å². The van der Waals surface area contributed by atoms with Crippen LogP contribution in [0.4, 0.5) is 17.1 Å². The lowest BCUT2D eigenvalue weighted by Gasteiger charge is -2.09. The summed E-state index contributed by atoms with van der Waals surface area (Å²) >= 11 is 0. The molecule has 2 aromatic heterocycles. The van der Waals surface area contributed by atoms with Crippen molar-refractivity contribution in [2.75, 3.05) is 44.8 Å². The molecule has 16 nitrogen and oxygen atoms in total. The van der Waals surface area contributed by atoms with Gasteiger partial charge < -0.3 is 49.5 Å². The molecule has 0 saturated heterocycles. The number of allylic oxidation sites excluding steroid dienone is 16. The number of carboxylic acids is 1. The Bertz CT molecular complexity index is 4890. The molecule has 10 rings (SSSR count). The van der Waals surface area contributed by atoms with Crippen LogP contribution in [0, 0.1) is 0 Å². The van der Waals surface area contributed by atoms with Gasteiger partial charge in [0.1, 0.15) is 40.2 Å². The number of rotatable bonds is 46. The maximum Gasteiger partial charge on any atom is 0.303 e. The smallest absolute Gasteiger partial charge is 0.303 e. The zero-order valence-electron chi connectivity index (χ0n) is 70.0. The first-order chi connectivity index (χ1) is 58.3. The number of nitrogens with two attached hydrogens (primary N) is 1. The second-order valence-electron chi connectivity index (χ2n) is 28.6. The summed E-state index contributed by atoms with van der Waals surface area (Å²) in [4.78, 5) is 49.3. The third kappa shape index (κ3) is 33.4. The van der Waals surface area contributed by atoms with Gasteiger partial charge in [-0.3, -0.25) is 19.2 Å². The quantitative estimate of drug-likeness (QED) is 0.0158. The summed E-state index contributed by atoms with van der Waals surface area (Å²) < 4.78 is 32.8. The molecule has 2 amide bonds. The summed E-state index contributed by atoms with van der Waals surface area (Å²) in [5.74, 6) is 2.97. The number of hydrogen-bond acceptors (Lipinski definition) is 13. The third-order valence-electron chi connectivity index (χ3n) is 19.4. The summed E-state index contributed by atoms with van der Waals surface area (Å²) in [7, 11) is 6.49. The Labute approximate surface area is 704 Å². The van der Waals surface area contributed by atoms with Gasteiger partial charge in [-0.2, -0.15) is 0 Å². The Morgan fingerprint density at radius 2 is 0.630 bits per heavy atom. The van der Waals surface area contributed by atoms with Crippen LogP contribution in [0.1, 0.15) is 159 Å². The number of hydrogen-bond donors (Lipinski definition) is 4. The van der Waals surface area contributed by atoms with Gasteiger partial charge in [-0.15, -0.1) is 0 Å². The van der Waals surface area contributed by atoms with E-state index in [-0.39, 0.29) is 36.9 Å². The topological polar surface area (TPSA) is 228 Å². The lowest BCUT2D eigenvalue weighted by molar-refractivity contribution is -0.137. The molecule has 0 fully saturated rings. The number of nitrogens with zero attached hydrogens (tertiary/aromatic N) is 2. The molecule has 0 aliphatic carbocycles. The fraction of sp³-hybridized carbons (Fsp3) is 0.282. The first-order valence-corrected chi connectivity index (χ1v) is 41.5. The summed E-state index contributed by atoms with van der Waals surface area (Å²) in [6.45, 7) is 4.47. The molecule has 0 atom stereocenters. The van der Waals surface area contributed by atoms with Gasteiger partial charge in [0.15, 0.2) is 11.5 Å². The molecule has 0 aliphatic heterocycles. The molecule has 620 valence electrons. The van der Waals surface area contributed by atoms with Gasteiger partial charge in [0.2, 0.25) is 11.8 Å². The minimum atomic E-state index is -0.712. The highest BCUT2D eigenvalue weighted by molar-refractivity contribution is 5.96. The van der Waals surface area contributed by atoms with Gasteiger partial charge in [0.25, 0.3) is 0 Å². The van der Waals surface area contributed by atoms with E-state index in [0.29, 0.717) is 52.8 Å². The van der Waals surface area contributed by atoms with Crippen LogP contribution in [-0.4, -0.2) is 67.4 Å². The van der Waals surface area contributed by atoms with Crippen molar-refractivity contribution < 1.29 is 52.3 Å². The van der Waals surface area contributed by atoms with Gasteiger partial charge in [-0.05, 0) is 238 Å². The Kier molecular flexibility index (Phi) is 41.2. The molecule has 8 aromatic carbocycles. The van der Waals surface area contributed by atoms with E-state index >= 15 is 0 Å². The molecule has 0 saturated carbocycles. The number of carbonyl (C=O) groups excluding carboxylic acids is 3. The first-order valence-electron chi connectivity index (χ1n) is 41.5. The molecular weight excluding hydrogens is 1480 g/mol. The number of unbranched alkanes of at least 4 members (excludes halogenated alkanes) is 8. The van der Waals surface area contributed by atoms with Crippen LogP contribution in [0.15, 0.2) is 300 Å². The Balaban J connectivity index is 0.000000250. The molecule has 119 heavy (non-hydrogen) atoms. The third-order valence-corrected chi connectivity index (χ3v) is 19.4. The van der Waals surface area contributed by atoms with Crippen molar-refractivity contribution in [2.24, 2.45) is 0 Å². The molecule has 0 radical (unpaired) electrons. The van der Waals surface area contributed by atoms with E-state index in [1.54, 1.807) is 28.4 Å². The first kappa shape index (κ1) is 91.7. The fourth-order valence-corrected chi connectivity index (χ4v) is 12.8. The van der Waals surface area contributed by atoms with Crippen molar-refractivity contribution in [2.45, 2.75) is 162 Å². The van der Waals surface area contributed by atoms with Crippen LogP contribution < -0.4 is 35.3 Å². The Hall–Kier alpha value is -12.8. The number of ether oxygens (including phenoxy) is 4. The summed E-state index contributed by atoms with van der Waals surface area (Å²) in [5.41, 5.74) is 19.2. The number of Topliss-reactive ketones (excluding diaryl/α,β-unsaturated/α-hetero) is 1. The molecule has 0 aliphatic rings. The SMILES string of the molecule is CCCCC/C=C\C/C=C\C/C=C\C/C=C\CCCC(=O)Cc1ccc(-c2ccc(NC(=O)Cc3onc(-c4ccc(OC)cc4)c3-c3ccc(OC)cc3)cc2)cc1.CCCCC/C=C\C/C=C\C/C=C\C/C=C\CCCC(=O)O.COc1ccc(-c2noc(CC(=O)Nc3ccc(-c4ccc(N)cc4)cc3)c2-c2ccc(OC)cc2)cc1. The lowest BCUT2D eigenvalue weighted by Crippen LogP contribution is -2.14. The van der Waals surface area contributed by atoms with Gasteiger partial charge in [-0.1, -0.05) is 232 Å². The standard InChI is InChI=1S/C52H58N2O5.C31H27N3O4.C20H32O2/c1-4-5-6-7-8-9-10-11-12-13-14-15-16-17-18-19-20-21-46(55)38-40-22-24-41(25-23-40)42-26-32-45(33-27-42)53-50(56)39-49-51(43-28-34-47(57-2)35-29-43)52(54-59-49)44-30-36-48(58-3)37-31-44;1-36-26-15-7-22(8-16-26)30-28(38-34-31(30)23-9-17-27(37-2)18-10-23)19-29(35)33-25-13-5-21(6-14-25)20-3-11-24(32)12-4-20;1-2-3-4-5-6-7-8-9-10-11-12-13-14-15-16-17-18-19-20(21)22/h8-9,11-12,14-15,17-18,22-37H,4-7,10,13,16,19-21,38-39H2,1-3H3,(H,53,56);3-18H,19,32H2,1-2H3,(H,33,35);6-7,9-10,12-13,15-16H,2-5,8,11,14,17-19H2,1H3,(H,21,22)/b9-8-,12-11-,15-14-,18-17-;;7-6-,10-9-,13-12-,16-15-. The number of carbonyl (C=O) groups is 4. The van der Waals surface area contributed by atoms with Crippen LogP contribution >= 0.6 is 0 Å². The average Bonchev–Trinajstić information content (AvgIpc) is 1.67. The fourth-order valence-electron chi connectivity index (χ4n) is 12.8. The zero-order chi connectivity index (χ0) is 84.3. The predicted octanol–water partition coefficient (Wildman–Crippen LogP) is 25.8. The van der Waals surface area contributed by atoms with E-state index in [2.05, 4.69) is 132 Å². The number of anilines is 3. The van der Waals surface area contributed by atoms with Crippen molar-refractivity contribution in [3.63, 3.8) is 0 Å². The van der Waals surface area contributed by atoms with Crippen molar-refractivity contribution in [3.05, 3.63) is 308 Å². The average molecular weight is 1600 g/mol. The van der Waals surface area contributed by atoms with Gasteiger partial charge in [0, 0.05) is 47.5 Å². The van der Waals surface area contributed by atoms with Crippen molar-refractivity contribution in [1.82, 2.24) is 10.3 Å². The van der Waals surface area contributed by atoms with E-state index in [9.17, 15) is 19.2 Å². The van der Waals surface area contributed by atoms with Crippen LogP contribution in [0.3, 0.4) is 0 Å². The molecule has 0 unspecified atom stereocenters. The number of ketones is 1. The minimum Gasteiger partial charge on any atom is -0.497 e. The highest BCUT2D eigenvalue weighted by atomic mass is 16.5. The molecule has 5 N–H and O–H groups in total. The maximum absolute atomic E-state index is 13.3. The lowest BCUT2D eigenvalue weighted by atomic mass is 9.97. The number of amides is 2. The second kappa shape index (κ2) is 53.4. The van der Waals surface area contributed by atoms with E-state index in [4.69, 9.17) is 38.8 Å². The predicted molar refractivity (Wildman–Crippen MR) is 487 cm³/mol. The molecule has 10 aromatic rings. The normalized spacial score (nSPS) is 11.5. The van der Waals surface area contributed by atoms with E-state index in [0.717, 1.165) is 148 Å². The number of methoxy groups -OCH3 is 4. The molecular formula is C103H117N5O11. The molecule has 0 bridgehead atoms. The van der Waals surface area contributed by atoms with Gasteiger partial charge in [0.05, 0.1) is 52.4 Å². The number of nitrogens with one attached hydrogen (secondary N) is 2. The van der Waals surface area contributed by atoms with E-state index in [1.165, 1.54) is 51.4 Å². The van der Waals surface area contributed by atoms with Crippen molar-refractivity contribution in [3.8, 4) is 90.0 Å². The molecule has 16 heteroatoms. The zero-order valence-corrected chi connectivity index (χ0v) is 70.0. The minimum absolute atomic E-state index is 0.00298. The van der Waals surface area contributed by atoms with Gasteiger partial charge >= 0.3 is 5.97 Å². The van der Waals surface area contributed by atoms with Crippen molar-refractivity contribution >= 4 is 40.6 Å². The second-order valence-corrected chi connectivity index (χ2v) is 28.6. The summed E-state index contributed by atoms with van der Waals surface area (Å²) in [5, 5.41) is 23.2. The summed E-state index contributed by atoms with van der Waals surface area (Å²) in [6, 6.07) is 61.5. The number of nitrogen functional groups attached to an aromatic ring is 1. The van der Waals surface area contributed by atoms with Crippen LogP contribution in [0.5, 0.6) is 23.0 Å². The Morgan fingerprint density at radius 1 is 0.345 bits per heavy atom. The highest BCUT2D eigenvalue weighted by Gasteiger charge is 2.24. The number of benzene rings is 8. The summed E-state index contributed by atoms with van der Waals surface area (Å²) in [6.07, 6.45) is 55.9. The van der Waals surface area contributed by atoms with Crippen molar-refractivity contribution in [1.29, 1.82) is 0 Å². The number of aliphatic carboxylic acids is 1. The van der Waals surface area contributed by atoms with Crippen LogP contribution in [0.2, 0.25) is 0 Å². The Morgan fingerprint density at radius 3 is 0.950 bits per heavy atom. The van der Waals surface area contributed by atoms with Gasteiger partial charge in [-0.25, -0.2) is 0 Å². The van der Waals surface area contributed by atoms with E-state index in [1.807, 2.05) is 194 Å². The number of carboxylic acid groups (broad SMARTS) is 1. The van der Waals surface area contributed by atoms with Crippen LogP contribution in [0.25, 0.3) is 67.0 Å². The number of aromatic nitrogens is 2. The van der Waals surface area contributed by atoms with E-state index < -0.39 is 5.97 Å². The maximum atomic E-state index is 13.3. The molecule has 2 heterocycles.